The third-order valence-electron chi connectivity index (χ3n) is 4.93. The molecule has 1 aliphatic rings. The largest absolute Gasteiger partial charge is 0.349 e. The lowest BCUT2D eigenvalue weighted by Gasteiger charge is -2.31. The van der Waals surface area contributed by atoms with Crippen molar-refractivity contribution in [2.75, 3.05) is 19.6 Å². The standard InChI is InChI=1S/C18H24N4O3/c1-3-21-9-7-13(8-10-21)19-16(23)12-5-6-14-15(11-12)20-18(25)22(4-2)17(14)24/h5-6,11,13H,3-4,7-10H2,1-2H3,(H,19,23)(H,20,25). The Bertz CT molecular complexity index is 891. The molecule has 7 heteroatoms. The van der Waals surface area contributed by atoms with Gasteiger partial charge in [-0.3, -0.25) is 14.2 Å². The molecule has 0 radical (unpaired) electrons. The van der Waals surface area contributed by atoms with E-state index in [-0.39, 0.29) is 17.5 Å². The summed E-state index contributed by atoms with van der Waals surface area (Å²) in [7, 11) is 0. The van der Waals surface area contributed by atoms with E-state index in [0.29, 0.717) is 23.0 Å². The molecule has 2 aromatic rings. The van der Waals surface area contributed by atoms with Crippen LogP contribution in [0.3, 0.4) is 0 Å². The molecule has 1 aromatic carbocycles. The second kappa shape index (κ2) is 7.23. The highest BCUT2D eigenvalue weighted by Crippen LogP contribution is 2.13. The van der Waals surface area contributed by atoms with Crippen molar-refractivity contribution in [2.45, 2.75) is 39.3 Å². The molecule has 134 valence electrons. The summed E-state index contributed by atoms with van der Waals surface area (Å²) < 4.78 is 1.14. The van der Waals surface area contributed by atoms with Gasteiger partial charge in [-0.15, -0.1) is 0 Å². The molecule has 1 saturated heterocycles. The van der Waals surface area contributed by atoms with Crippen molar-refractivity contribution in [3.8, 4) is 0 Å². The van der Waals surface area contributed by atoms with Crippen LogP contribution in [0.5, 0.6) is 0 Å². The predicted octanol–water partition coefficient (Wildman–Crippen LogP) is 0.924. The number of amides is 1. The minimum atomic E-state index is -0.454. The zero-order valence-corrected chi connectivity index (χ0v) is 14.7. The quantitative estimate of drug-likeness (QED) is 0.864. The molecule has 0 unspecified atom stereocenters. The SMILES string of the molecule is CCN1CCC(NC(=O)c2ccc3c(=O)n(CC)c(=O)[nH]c3c2)CC1. The number of nitrogens with one attached hydrogen (secondary N) is 2. The van der Waals surface area contributed by atoms with Crippen LogP contribution in [-0.4, -0.2) is 46.0 Å². The summed E-state index contributed by atoms with van der Waals surface area (Å²) in [5, 5.41) is 3.47. The molecule has 0 saturated carbocycles. The number of benzene rings is 1. The number of piperidine rings is 1. The van der Waals surface area contributed by atoms with Crippen molar-refractivity contribution >= 4 is 16.8 Å². The van der Waals surface area contributed by atoms with E-state index < -0.39 is 5.69 Å². The zero-order chi connectivity index (χ0) is 18.0. The second-order valence-electron chi connectivity index (χ2n) is 6.42. The number of carbonyl (C=O) groups is 1. The molecule has 3 rings (SSSR count). The lowest BCUT2D eigenvalue weighted by atomic mass is 10.0. The van der Waals surface area contributed by atoms with E-state index in [1.165, 1.54) is 0 Å². The fourth-order valence-corrected chi connectivity index (χ4v) is 3.35. The van der Waals surface area contributed by atoms with Crippen molar-refractivity contribution in [1.82, 2.24) is 19.8 Å². The van der Waals surface area contributed by atoms with Crippen molar-refractivity contribution < 1.29 is 4.79 Å². The van der Waals surface area contributed by atoms with E-state index in [4.69, 9.17) is 0 Å². The van der Waals surface area contributed by atoms with E-state index in [2.05, 4.69) is 22.1 Å². The molecule has 7 nitrogen and oxygen atoms in total. The summed E-state index contributed by atoms with van der Waals surface area (Å²) >= 11 is 0. The van der Waals surface area contributed by atoms with Gasteiger partial charge in [0.2, 0.25) is 0 Å². The average Bonchev–Trinajstić information content (AvgIpc) is 2.62. The molecular formula is C18H24N4O3. The Balaban J connectivity index is 1.81. The van der Waals surface area contributed by atoms with Gasteiger partial charge in [0.1, 0.15) is 0 Å². The van der Waals surface area contributed by atoms with E-state index in [1.54, 1.807) is 25.1 Å². The van der Waals surface area contributed by atoms with Gasteiger partial charge in [-0.2, -0.15) is 0 Å². The highest BCUT2D eigenvalue weighted by atomic mass is 16.2. The number of fused-ring (bicyclic) bond motifs is 1. The number of rotatable bonds is 4. The Morgan fingerprint density at radius 2 is 1.92 bits per heavy atom. The first-order valence-electron chi connectivity index (χ1n) is 8.83. The van der Waals surface area contributed by atoms with Crippen LogP contribution in [0.25, 0.3) is 10.9 Å². The summed E-state index contributed by atoms with van der Waals surface area (Å²) in [6.45, 7) is 7.21. The third-order valence-corrected chi connectivity index (χ3v) is 4.93. The summed E-state index contributed by atoms with van der Waals surface area (Å²) in [6, 6.07) is 4.99. The molecule has 0 spiro atoms. The molecule has 2 heterocycles. The number of hydrogen-bond acceptors (Lipinski definition) is 4. The van der Waals surface area contributed by atoms with Crippen LogP contribution in [0.4, 0.5) is 0 Å². The smallest absolute Gasteiger partial charge is 0.328 e. The van der Waals surface area contributed by atoms with Crippen molar-refractivity contribution in [1.29, 1.82) is 0 Å². The number of nitrogens with zero attached hydrogens (tertiary/aromatic N) is 2. The Morgan fingerprint density at radius 3 is 2.56 bits per heavy atom. The topological polar surface area (TPSA) is 87.2 Å². The summed E-state index contributed by atoms with van der Waals surface area (Å²) in [5.41, 5.74) is 0.0625. The molecule has 25 heavy (non-hydrogen) atoms. The van der Waals surface area contributed by atoms with Crippen LogP contribution in [0, 0.1) is 0 Å². The van der Waals surface area contributed by atoms with E-state index >= 15 is 0 Å². The van der Waals surface area contributed by atoms with Crippen LogP contribution in [-0.2, 0) is 6.54 Å². The van der Waals surface area contributed by atoms with Crippen LogP contribution in [0.1, 0.15) is 37.0 Å². The van der Waals surface area contributed by atoms with Crippen LogP contribution in [0.2, 0.25) is 0 Å². The molecule has 1 aliphatic heterocycles. The number of H-pyrrole nitrogens is 1. The molecule has 0 bridgehead atoms. The summed E-state index contributed by atoms with van der Waals surface area (Å²) in [4.78, 5) is 41.8. The van der Waals surface area contributed by atoms with Gasteiger partial charge >= 0.3 is 5.69 Å². The van der Waals surface area contributed by atoms with Gasteiger partial charge in [0.15, 0.2) is 0 Å². The van der Waals surface area contributed by atoms with Gasteiger partial charge in [-0.25, -0.2) is 4.79 Å². The number of likely N-dealkylation sites (tertiary alicyclic amines) is 1. The Kier molecular flexibility index (Phi) is 5.03. The third kappa shape index (κ3) is 3.51. The van der Waals surface area contributed by atoms with Crippen molar-refractivity contribution in [3.05, 3.63) is 44.6 Å². The highest BCUT2D eigenvalue weighted by molar-refractivity contribution is 5.97. The lowest BCUT2D eigenvalue weighted by Crippen LogP contribution is -2.44. The molecule has 1 fully saturated rings. The first-order valence-corrected chi connectivity index (χ1v) is 8.83. The predicted molar refractivity (Wildman–Crippen MR) is 97.1 cm³/mol. The van der Waals surface area contributed by atoms with E-state index in [0.717, 1.165) is 37.0 Å². The number of aromatic amines is 1. The fourth-order valence-electron chi connectivity index (χ4n) is 3.35. The van der Waals surface area contributed by atoms with Crippen LogP contribution < -0.4 is 16.6 Å². The maximum absolute atomic E-state index is 12.5. The number of aromatic nitrogens is 2. The molecule has 1 amide bonds. The van der Waals surface area contributed by atoms with E-state index in [1.807, 2.05) is 0 Å². The minimum absolute atomic E-state index is 0.165. The fraction of sp³-hybridized carbons (Fsp3) is 0.500. The maximum Gasteiger partial charge on any atom is 0.328 e. The zero-order valence-electron chi connectivity index (χ0n) is 14.7. The first kappa shape index (κ1) is 17.4. The van der Waals surface area contributed by atoms with Gasteiger partial charge in [-0.05, 0) is 44.5 Å². The summed E-state index contributed by atoms with van der Waals surface area (Å²) in [6.07, 6.45) is 1.87. The normalized spacial score (nSPS) is 16.2. The Labute approximate surface area is 145 Å². The van der Waals surface area contributed by atoms with Crippen molar-refractivity contribution in [2.24, 2.45) is 0 Å². The monoisotopic (exact) mass is 344 g/mol. The van der Waals surface area contributed by atoms with Gasteiger partial charge in [0.05, 0.1) is 10.9 Å². The van der Waals surface area contributed by atoms with Crippen LogP contribution >= 0.6 is 0 Å². The number of carbonyl (C=O) groups excluding carboxylic acids is 1. The number of hydrogen-bond donors (Lipinski definition) is 2. The minimum Gasteiger partial charge on any atom is -0.349 e. The van der Waals surface area contributed by atoms with Crippen LogP contribution in [0.15, 0.2) is 27.8 Å². The average molecular weight is 344 g/mol. The van der Waals surface area contributed by atoms with Gasteiger partial charge in [0, 0.05) is 31.2 Å². The highest BCUT2D eigenvalue weighted by Gasteiger charge is 2.20. The summed E-state index contributed by atoms with van der Waals surface area (Å²) in [5.74, 6) is -0.169. The second-order valence-corrected chi connectivity index (χ2v) is 6.42. The van der Waals surface area contributed by atoms with Gasteiger partial charge in [-0.1, -0.05) is 6.92 Å². The Hall–Kier alpha value is -2.41. The molecule has 1 aromatic heterocycles. The maximum atomic E-state index is 12.5. The molecule has 0 aliphatic carbocycles. The van der Waals surface area contributed by atoms with E-state index in [9.17, 15) is 14.4 Å². The van der Waals surface area contributed by atoms with Gasteiger partial charge in [0.25, 0.3) is 11.5 Å². The van der Waals surface area contributed by atoms with Gasteiger partial charge < -0.3 is 15.2 Å². The lowest BCUT2D eigenvalue weighted by molar-refractivity contribution is 0.0913. The Morgan fingerprint density at radius 1 is 1.20 bits per heavy atom. The molecule has 2 N–H and O–H groups in total. The van der Waals surface area contributed by atoms with Crippen molar-refractivity contribution in [3.63, 3.8) is 0 Å². The molecule has 0 atom stereocenters. The first-order chi connectivity index (χ1) is 12.0. The molecular weight excluding hydrogens is 320 g/mol.